The van der Waals surface area contributed by atoms with Gasteiger partial charge in [0.1, 0.15) is 0 Å². The molecule has 0 bridgehead atoms. The highest BCUT2D eigenvalue weighted by Crippen LogP contribution is 2.13. The fourth-order valence-electron chi connectivity index (χ4n) is 1.12. The lowest BCUT2D eigenvalue weighted by atomic mass is 10.1. The van der Waals surface area contributed by atoms with E-state index in [0.717, 1.165) is 11.4 Å². The molecule has 4 heteroatoms. The number of nitrogens with one attached hydrogen (secondary N) is 1. The average molecular weight is 214 g/mol. The molecule has 0 aliphatic carbocycles. The van der Waals surface area contributed by atoms with Gasteiger partial charge in [-0.2, -0.15) is 0 Å². The van der Waals surface area contributed by atoms with Crippen molar-refractivity contribution in [3.05, 3.63) is 17.5 Å². The van der Waals surface area contributed by atoms with Gasteiger partial charge < -0.3 is 5.32 Å². The first kappa shape index (κ1) is 11.2. The van der Waals surface area contributed by atoms with E-state index in [4.69, 9.17) is 11.6 Å². The third-order valence-corrected chi connectivity index (χ3v) is 2.43. The van der Waals surface area contributed by atoms with Crippen LogP contribution in [0.25, 0.3) is 0 Å². The van der Waals surface area contributed by atoms with Crippen LogP contribution in [0.5, 0.6) is 0 Å². The largest absolute Gasteiger partial charge is 0.348 e. The van der Waals surface area contributed by atoms with Gasteiger partial charge >= 0.3 is 0 Å². The molecule has 3 nitrogen and oxygen atoms in total. The molecule has 78 valence electrons. The van der Waals surface area contributed by atoms with E-state index in [1.807, 2.05) is 33.8 Å². The number of alkyl halides is 1. The number of aromatic nitrogens is 2. The molecule has 1 rings (SSSR count). The topological polar surface area (TPSA) is 37.8 Å². The number of rotatable bonds is 3. The fourth-order valence-corrected chi connectivity index (χ4v) is 1.18. The summed E-state index contributed by atoms with van der Waals surface area (Å²) in [7, 11) is 0. The van der Waals surface area contributed by atoms with Crippen molar-refractivity contribution in [1.82, 2.24) is 9.97 Å². The predicted octanol–water partition coefficient (Wildman–Crippen LogP) is 2.52. The van der Waals surface area contributed by atoms with Crippen LogP contribution < -0.4 is 5.32 Å². The Hall–Kier alpha value is -0.830. The zero-order chi connectivity index (χ0) is 10.8. The highest BCUT2D eigenvalue weighted by molar-refractivity contribution is 6.18. The molecule has 1 aromatic heterocycles. The van der Waals surface area contributed by atoms with Crippen molar-refractivity contribution < 1.29 is 0 Å². The summed E-state index contributed by atoms with van der Waals surface area (Å²) < 4.78 is 0. The van der Waals surface area contributed by atoms with Gasteiger partial charge in [-0.3, -0.25) is 0 Å². The van der Waals surface area contributed by atoms with Crippen LogP contribution in [0.2, 0.25) is 0 Å². The summed E-state index contributed by atoms with van der Waals surface area (Å²) in [6.07, 6.45) is 0. The van der Waals surface area contributed by atoms with Gasteiger partial charge in [0.05, 0.1) is 0 Å². The molecule has 0 radical (unpaired) electrons. The first-order valence-electron chi connectivity index (χ1n) is 4.59. The Morgan fingerprint density at radius 3 is 2.21 bits per heavy atom. The number of nitrogens with zero attached hydrogens (tertiary/aromatic N) is 2. The van der Waals surface area contributed by atoms with Crippen molar-refractivity contribution in [1.29, 1.82) is 0 Å². The molecule has 0 aliphatic heterocycles. The van der Waals surface area contributed by atoms with Gasteiger partial charge in [-0.1, -0.05) is 0 Å². The molecule has 1 N–H and O–H groups in total. The van der Waals surface area contributed by atoms with E-state index in [1.54, 1.807) is 0 Å². The van der Waals surface area contributed by atoms with E-state index in [0.29, 0.717) is 11.8 Å². The maximum absolute atomic E-state index is 5.80. The lowest BCUT2D eigenvalue weighted by molar-refractivity contribution is 0.632. The highest BCUT2D eigenvalue weighted by Gasteiger charge is 2.17. The summed E-state index contributed by atoms with van der Waals surface area (Å²) in [6, 6.07) is 1.94. The van der Waals surface area contributed by atoms with Gasteiger partial charge in [0.15, 0.2) is 0 Å². The van der Waals surface area contributed by atoms with Crippen molar-refractivity contribution in [2.75, 3.05) is 11.2 Å². The Morgan fingerprint density at radius 1 is 1.29 bits per heavy atom. The van der Waals surface area contributed by atoms with E-state index >= 15 is 0 Å². The standard InChI is InChI=1S/C10H16ClN3/c1-7-5-8(2)13-9(12-7)14-10(3,4)6-11/h5H,6H2,1-4H3,(H,12,13,14). The predicted molar refractivity (Wildman–Crippen MR) is 59.9 cm³/mol. The second-order valence-corrected chi connectivity index (χ2v) is 4.38. The van der Waals surface area contributed by atoms with E-state index in [9.17, 15) is 0 Å². The summed E-state index contributed by atoms with van der Waals surface area (Å²) in [4.78, 5) is 8.57. The SMILES string of the molecule is Cc1cc(C)nc(NC(C)(C)CCl)n1. The maximum atomic E-state index is 5.80. The van der Waals surface area contributed by atoms with Crippen molar-refractivity contribution in [3.8, 4) is 0 Å². The minimum absolute atomic E-state index is 0.179. The quantitative estimate of drug-likeness (QED) is 0.785. The molecule has 0 saturated carbocycles. The lowest BCUT2D eigenvalue weighted by Crippen LogP contribution is -2.33. The molecule has 0 unspecified atom stereocenters. The van der Waals surface area contributed by atoms with Gasteiger partial charge in [0, 0.05) is 22.8 Å². The molecule has 0 saturated heterocycles. The van der Waals surface area contributed by atoms with Crippen LogP contribution in [0.4, 0.5) is 5.95 Å². The Balaban J connectivity index is 2.87. The number of hydrogen-bond donors (Lipinski definition) is 1. The number of aryl methyl sites for hydroxylation is 2. The third-order valence-electron chi connectivity index (χ3n) is 1.77. The summed E-state index contributed by atoms with van der Waals surface area (Å²) >= 11 is 5.80. The maximum Gasteiger partial charge on any atom is 0.223 e. The van der Waals surface area contributed by atoms with E-state index < -0.39 is 0 Å². The van der Waals surface area contributed by atoms with Crippen LogP contribution in [0, 0.1) is 13.8 Å². The number of hydrogen-bond acceptors (Lipinski definition) is 3. The Bertz CT molecular complexity index is 303. The van der Waals surface area contributed by atoms with Crippen LogP contribution in [0.15, 0.2) is 6.07 Å². The molecule has 0 spiro atoms. The van der Waals surface area contributed by atoms with E-state index in [1.165, 1.54) is 0 Å². The Morgan fingerprint density at radius 2 is 1.79 bits per heavy atom. The van der Waals surface area contributed by atoms with Gasteiger partial charge in [-0.05, 0) is 33.8 Å². The highest BCUT2D eigenvalue weighted by atomic mass is 35.5. The molecule has 14 heavy (non-hydrogen) atoms. The number of anilines is 1. The van der Waals surface area contributed by atoms with Crippen LogP contribution in [0.1, 0.15) is 25.2 Å². The third kappa shape index (κ3) is 3.14. The normalized spacial score (nSPS) is 11.5. The second kappa shape index (κ2) is 4.13. The van der Waals surface area contributed by atoms with Gasteiger partial charge in [0.25, 0.3) is 0 Å². The fraction of sp³-hybridized carbons (Fsp3) is 0.600. The van der Waals surface area contributed by atoms with Crippen molar-refractivity contribution in [2.45, 2.75) is 33.2 Å². The first-order chi connectivity index (χ1) is 6.43. The van der Waals surface area contributed by atoms with Crippen LogP contribution in [-0.2, 0) is 0 Å². The van der Waals surface area contributed by atoms with Crippen LogP contribution in [-0.4, -0.2) is 21.4 Å². The Kier molecular flexibility index (Phi) is 3.32. The molecule has 0 aliphatic rings. The smallest absolute Gasteiger partial charge is 0.223 e. The van der Waals surface area contributed by atoms with Gasteiger partial charge in [0.2, 0.25) is 5.95 Å². The molecule has 1 heterocycles. The monoisotopic (exact) mass is 213 g/mol. The van der Waals surface area contributed by atoms with Crippen molar-refractivity contribution in [2.24, 2.45) is 0 Å². The number of halogens is 1. The Labute approximate surface area is 89.9 Å². The summed E-state index contributed by atoms with van der Waals surface area (Å²) in [5.74, 6) is 1.16. The second-order valence-electron chi connectivity index (χ2n) is 4.12. The van der Waals surface area contributed by atoms with E-state index in [2.05, 4.69) is 15.3 Å². The summed E-state index contributed by atoms with van der Waals surface area (Å²) in [5.41, 5.74) is 1.75. The first-order valence-corrected chi connectivity index (χ1v) is 5.13. The van der Waals surface area contributed by atoms with Gasteiger partial charge in [-0.15, -0.1) is 11.6 Å². The molecule has 0 amide bonds. The zero-order valence-corrected chi connectivity index (χ0v) is 9.81. The average Bonchev–Trinajstić information content (AvgIpc) is 2.01. The van der Waals surface area contributed by atoms with Crippen LogP contribution in [0.3, 0.4) is 0 Å². The summed E-state index contributed by atoms with van der Waals surface area (Å²) in [5, 5.41) is 3.20. The molecular formula is C10H16ClN3. The van der Waals surface area contributed by atoms with E-state index in [-0.39, 0.29) is 5.54 Å². The van der Waals surface area contributed by atoms with Crippen LogP contribution >= 0.6 is 11.6 Å². The molecular weight excluding hydrogens is 198 g/mol. The minimum Gasteiger partial charge on any atom is -0.348 e. The lowest BCUT2D eigenvalue weighted by Gasteiger charge is -2.23. The molecule has 0 fully saturated rings. The van der Waals surface area contributed by atoms with Gasteiger partial charge in [-0.25, -0.2) is 9.97 Å². The molecule has 0 aromatic carbocycles. The summed E-state index contributed by atoms with van der Waals surface area (Å²) in [6.45, 7) is 7.93. The molecule has 0 atom stereocenters. The van der Waals surface area contributed by atoms with Crippen molar-refractivity contribution >= 4 is 17.5 Å². The zero-order valence-electron chi connectivity index (χ0n) is 9.06. The minimum atomic E-state index is -0.179. The molecule has 1 aromatic rings. The van der Waals surface area contributed by atoms with Crippen molar-refractivity contribution in [3.63, 3.8) is 0 Å².